The fourth-order valence-electron chi connectivity index (χ4n) is 3.97. The zero-order valence-electron chi connectivity index (χ0n) is 21.9. The number of hydrogen-bond acceptors (Lipinski definition) is 9. The predicted molar refractivity (Wildman–Crippen MR) is 148 cm³/mol. The number of pyridine rings is 1. The van der Waals surface area contributed by atoms with Crippen molar-refractivity contribution >= 4 is 22.8 Å². The number of aliphatic hydroxyl groups is 2. The number of carbonyl (C=O) groups is 2. The van der Waals surface area contributed by atoms with Crippen LogP contribution in [-0.4, -0.2) is 59.0 Å². The van der Waals surface area contributed by atoms with Crippen LogP contribution in [-0.2, 0) is 16.1 Å². The molecule has 208 valence electrons. The Balaban J connectivity index is 1.34. The lowest BCUT2D eigenvalue weighted by Gasteiger charge is -2.19. The fourth-order valence-corrected chi connectivity index (χ4v) is 3.97. The van der Waals surface area contributed by atoms with Crippen molar-refractivity contribution in [1.29, 1.82) is 0 Å². The highest BCUT2D eigenvalue weighted by molar-refractivity contribution is 6.06. The Kier molecular flexibility index (Phi) is 10.0. The number of para-hydroxylation sites is 2. The van der Waals surface area contributed by atoms with Crippen LogP contribution in [0.25, 0.3) is 10.9 Å². The van der Waals surface area contributed by atoms with Crippen LogP contribution in [0.1, 0.15) is 22.8 Å². The third-order valence-electron chi connectivity index (χ3n) is 5.94. The number of aromatic nitrogens is 1. The zero-order chi connectivity index (χ0) is 28.3. The molecule has 4 aromatic rings. The molecule has 0 saturated carbocycles. The highest BCUT2D eigenvalue weighted by atomic mass is 16.7. The van der Waals surface area contributed by atoms with Crippen molar-refractivity contribution in [3.63, 3.8) is 0 Å². The minimum absolute atomic E-state index is 0.0963. The second-order valence-corrected chi connectivity index (χ2v) is 9.05. The van der Waals surface area contributed by atoms with Crippen LogP contribution < -0.4 is 20.3 Å². The maximum absolute atomic E-state index is 12.4. The van der Waals surface area contributed by atoms with Crippen LogP contribution >= 0.6 is 0 Å². The molecule has 0 aliphatic heterocycles. The van der Waals surface area contributed by atoms with Gasteiger partial charge in [0.25, 0.3) is 5.91 Å². The normalized spacial score (nSPS) is 12.4. The topological polar surface area (TPSA) is 139 Å². The highest BCUT2D eigenvalue weighted by Crippen LogP contribution is 2.30. The molecule has 0 aliphatic carbocycles. The van der Waals surface area contributed by atoms with Crippen LogP contribution in [0.5, 0.6) is 17.2 Å². The molecule has 0 spiro atoms. The standard InChI is InChI=1S/C30H31N3O7/c1-20(35)40-33-30(37)27-9-5-8-26-28(14-15-31-29(26)27)39-25-12-10-21(11-13-25)16-22(18-34)32-17-23(36)19-38-24-6-3-2-4-7-24/h2-15,22-23,32,34,36H,16-19H2,1H3,(H,33,37)/t22-,23-/m0/s1. The van der Waals surface area contributed by atoms with E-state index in [1.807, 2.05) is 54.6 Å². The molecule has 40 heavy (non-hydrogen) atoms. The van der Waals surface area contributed by atoms with E-state index in [0.717, 1.165) is 5.56 Å². The van der Waals surface area contributed by atoms with Gasteiger partial charge in [0.05, 0.1) is 17.7 Å². The van der Waals surface area contributed by atoms with Gasteiger partial charge in [0.1, 0.15) is 30.0 Å². The highest BCUT2D eigenvalue weighted by Gasteiger charge is 2.16. The molecular formula is C30H31N3O7. The Bertz CT molecular complexity index is 1410. The monoisotopic (exact) mass is 545 g/mol. The number of hydrogen-bond donors (Lipinski definition) is 4. The van der Waals surface area contributed by atoms with E-state index < -0.39 is 18.0 Å². The van der Waals surface area contributed by atoms with Gasteiger partial charge in [0.2, 0.25) is 0 Å². The molecule has 0 fully saturated rings. The van der Waals surface area contributed by atoms with E-state index in [4.69, 9.17) is 9.47 Å². The average molecular weight is 546 g/mol. The Hall–Kier alpha value is -4.51. The number of fused-ring (bicyclic) bond motifs is 1. The van der Waals surface area contributed by atoms with Gasteiger partial charge >= 0.3 is 5.97 Å². The van der Waals surface area contributed by atoms with E-state index in [1.165, 1.54) is 13.1 Å². The van der Waals surface area contributed by atoms with Gasteiger partial charge in [-0.05, 0) is 54.4 Å². The molecule has 4 rings (SSSR count). The molecule has 0 saturated heterocycles. The zero-order valence-corrected chi connectivity index (χ0v) is 21.9. The summed E-state index contributed by atoms with van der Waals surface area (Å²) in [4.78, 5) is 32.4. The number of amides is 1. The smallest absolute Gasteiger partial charge is 0.329 e. The number of carbonyl (C=O) groups excluding carboxylic acids is 2. The number of benzene rings is 3. The Labute approximate surface area is 231 Å². The molecule has 0 unspecified atom stereocenters. The first-order chi connectivity index (χ1) is 19.4. The summed E-state index contributed by atoms with van der Waals surface area (Å²) in [7, 11) is 0. The van der Waals surface area contributed by atoms with Gasteiger partial charge in [-0.15, -0.1) is 0 Å². The van der Waals surface area contributed by atoms with E-state index >= 15 is 0 Å². The molecule has 1 heterocycles. The minimum atomic E-state index is -0.728. The lowest BCUT2D eigenvalue weighted by atomic mass is 10.1. The van der Waals surface area contributed by atoms with Crippen molar-refractivity contribution in [2.75, 3.05) is 19.8 Å². The molecule has 0 bridgehead atoms. The van der Waals surface area contributed by atoms with Gasteiger partial charge in [-0.1, -0.05) is 36.4 Å². The van der Waals surface area contributed by atoms with E-state index in [0.29, 0.717) is 34.6 Å². The average Bonchev–Trinajstić information content (AvgIpc) is 2.98. The van der Waals surface area contributed by atoms with Crippen molar-refractivity contribution in [3.05, 3.63) is 96.2 Å². The summed E-state index contributed by atoms with van der Waals surface area (Å²) in [5, 5.41) is 23.9. The van der Waals surface area contributed by atoms with Crippen molar-refractivity contribution < 1.29 is 34.1 Å². The number of hydroxylamine groups is 1. The summed E-state index contributed by atoms with van der Waals surface area (Å²) >= 11 is 0. The van der Waals surface area contributed by atoms with Gasteiger partial charge < -0.3 is 29.8 Å². The minimum Gasteiger partial charge on any atom is -0.491 e. The summed E-state index contributed by atoms with van der Waals surface area (Å²) in [6.07, 6.45) is 1.35. The maximum Gasteiger partial charge on any atom is 0.329 e. The molecule has 10 heteroatoms. The summed E-state index contributed by atoms with van der Waals surface area (Å²) in [5.41, 5.74) is 3.70. The second-order valence-electron chi connectivity index (χ2n) is 9.05. The van der Waals surface area contributed by atoms with Gasteiger partial charge in [0, 0.05) is 31.1 Å². The molecule has 0 aliphatic rings. The van der Waals surface area contributed by atoms with E-state index in [9.17, 15) is 19.8 Å². The maximum atomic E-state index is 12.4. The Morgan fingerprint density at radius 3 is 2.45 bits per heavy atom. The van der Waals surface area contributed by atoms with Crippen molar-refractivity contribution in [2.24, 2.45) is 0 Å². The molecule has 0 radical (unpaired) electrons. The molecule has 1 aromatic heterocycles. The van der Waals surface area contributed by atoms with Gasteiger partial charge in [-0.2, -0.15) is 5.48 Å². The summed E-state index contributed by atoms with van der Waals surface area (Å²) in [6.45, 7) is 1.51. The van der Waals surface area contributed by atoms with Crippen molar-refractivity contribution in [2.45, 2.75) is 25.5 Å². The van der Waals surface area contributed by atoms with Crippen LogP contribution in [0.15, 0.2) is 85.1 Å². The number of aliphatic hydroxyl groups excluding tert-OH is 2. The van der Waals surface area contributed by atoms with Crippen LogP contribution in [0, 0.1) is 0 Å². The summed E-state index contributed by atoms with van der Waals surface area (Å²) < 4.78 is 11.7. The first kappa shape index (κ1) is 28.5. The van der Waals surface area contributed by atoms with E-state index in [-0.39, 0.29) is 31.4 Å². The van der Waals surface area contributed by atoms with Gasteiger partial charge in [-0.3, -0.25) is 14.6 Å². The third kappa shape index (κ3) is 8.00. The van der Waals surface area contributed by atoms with Crippen LogP contribution in [0.2, 0.25) is 0 Å². The number of nitrogens with zero attached hydrogens (tertiary/aromatic N) is 1. The van der Waals surface area contributed by atoms with E-state index in [1.54, 1.807) is 24.3 Å². The largest absolute Gasteiger partial charge is 0.491 e. The second kappa shape index (κ2) is 14.0. The number of nitrogens with one attached hydrogen (secondary N) is 2. The lowest BCUT2D eigenvalue weighted by molar-refractivity contribution is -0.146. The van der Waals surface area contributed by atoms with Crippen LogP contribution in [0.4, 0.5) is 0 Å². The fraction of sp³-hybridized carbons (Fsp3) is 0.233. The molecule has 3 aromatic carbocycles. The Morgan fingerprint density at radius 1 is 0.950 bits per heavy atom. The molecule has 10 nitrogen and oxygen atoms in total. The SMILES string of the molecule is CC(=O)ONC(=O)c1cccc2c(Oc3ccc(C[C@@H](CO)NC[C@H](O)COc4ccccc4)cc3)ccnc12. The number of rotatable bonds is 12. The molecular weight excluding hydrogens is 514 g/mol. The number of ether oxygens (including phenoxy) is 2. The summed E-state index contributed by atoms with van der Waals surface area (Å²) in [6, 6.07) is 23.2. The molecule has 2 atom stereocenters. The van der Waals surface area contributed by atoms with Gasteiger partial charge in [-0.25, -0.2) is 0 Å². The van der Waals surface area contributed by atoms with Crippen molar-refractivity contribution in [1.82, 2.24) is 15.8 Å². The quantitative estimate of drug-likeness (QED) is 0.198. The lowest BCUT2D eigenvalue weighted by Crippen LogP contribution is -2.41. The molecule has 1 amide bonds. The first-order valence-corrected chi connectivity index (χ1v) is 12.8. The first-order valence-electron chi connectivity index (χ1n) is 12.8. The predicted octanol–water partition coefficient (Wildman–Crippen LogP) is 3.17. The van der Waals surface area contributed by atoms with Gasteiger partial charge in [0.15, 0.2) is 0 Å². The Morgan fingerprint density at radius 2 is 1.73 bits per heavy atom. The third-order valence-corrected chi connectivity index (χ3v) is 5.94. The van der Waals surface area contributed by atoms with Crippen LogP contribution in [0.3, 0.4) is 0 Å². The summed E-state index contributed by atoms with van der Waals surface area (Å²) in [5.74, 6) is 0.529. The van der Waals surface area contributed by atoms with E-state index in [2.05, 4.69) is 20.6 Å². The van der Waals surface area contributed by atoms with Crippen molar-refractivity contribution in [3.8, 4) is 17.2 Å². The molecule has 4 N–H and O–H groups in total.